The van der Waals surface area contributed by atoms with Gasteiger partial charge in [-0.05, 0) is 23.8 Å². The van der Waals surface area contributed by atoms with E-state index in [0.29, 0.717) is 19.8 Å². The van der Waals surface area contributed by atoms with E-state index in [4.69, 9.17) is 4.74 Å². The predicted molar refractivity (Wildman–Crippen MR) is 102 cm³/mol. The molecular weight excluding hydrogens is 366 g/mol. The van der Waals surface area contributed by atoms with Crippen LogP contribution < -0.4 is 10.2 Å². The number of benzene rings is 1. The van der Waals surface area contributed by atoms with Crippen LogP contribution >= 0.6 is 0 Å². The second kappa shape index (κ2) is 8.96. The van der Waals surface area contributed by atoms with Crippen molar-refractivity contribution in [3.63, 3.8) is 0 Å². The first-order valence-electron chi connectivity index (χ1n) is 8.87. The summed E-state index contributed by atoms with van der Waals surface area (Å²) < 4.78 is 29.7. The van der Waals surface area contributed by atoms with Gasteiger partial charge in [0.05, 0.1) is 23.9 Å². The second-order valence-electron chi connectivity index (χ2n) is 6.28. The minimum atomic E-state index is -3.45. The maximum absolute atomic E-state index is 12.2. The first kappa shape index (κ1) is 19.3. The highest BCUT2D eigenvalue weighted by atomic mass is 32.2. The Morgan fingerprint density at radius 2 is 1.85 bits per heavy atom. The molecule has 1 N–H and O–H groups in total. The van der Waals surface area contributed by atoms with E-state index in [9.17, 15) is 13.2 Å². The lowest BCUT2D eigenvalue weighted by Gasteiger charge is -2.27. The number of amides is 1. The van der Waals surface area contributed by atoms with Crippen molar-refractivity contribution < 1.29 is 17.9 Å². The molecule has 0 unspecified atom stereocenters. The second-order valence-corrected chi connectivity index (χ2v) is 8.39. The van der Waals surface area contributed by atoms with Crippen LogP contribution in [0.25, 0.3) is 0 Å². The summed E-state index contributed by atoms with van der Waals surface area (Å²) in [6.07, 6.45) is 1.66. The molecule has 8 heteroatoms. The fourth-order valence-corrected chi connectivity index (χ4v) is 4.02. The molecule has 1 saturated heterocycles. The maximum Gasteiger partial charge on any atom is 0.221 e. The Hall–Kier alpha value is -2.45. The third-order valence-electron chi connectivity index (χ3n) is 4.33. The molecule has 0 atom stereocenters. The third-order valence-corrected chi connectivity index (χ3v) is 6.07. The van der Waals surface area contributed by atoms with E-state index in [1.54, 1.807) is 24.4 Å². The van der Waals surface area contributed by atoms with E-state index in [2.05, 4.69) is 15.2 Å². The van der Waals surface area contributed by atoms with Crippen LogP contribution in [0.1, 0.15) is 12.0 Å². The van der Waals surface area contributed by atoms with Gasteiger partial charge in [-0.2, -0.15) is 0 Å². The van der Waals surface area contributed by atoms with Crippen molar-refractivity contribution >= 4 is 21.6 Å². The van der Waals surface area contributed by atoms with Crippen LogP contribution in [0.15, 0.2) is 53.6 Å². The molecule has 2 heterocycles. The summed E-state index contributed by atoms with van der Waals surface area (Å²) in [4.78, 5) is 18.8. The maximum atomic E-state index is 12.2. The van der Waals surface area contributed by atoms with Crippen molar-refractivity contribution in [3.05, 3.63) is 54.2 Å². The Morgan fingerprint density at radius 1 is 1.11 bits per heavy atom. The van der Waals surface area contributed by atoms with Crippen molar-refractivity contribution in [1.82, 2.24) is 10.3 Å². The fourth-order valence-electron chi connectivity index (χ4n) is 2.76. The molecule has 1 aliphatic rings. The average molecular weight is 389 g/mol. The van der Waals surface area contributed by atoms with E-state index >= 15 is 0 Å². The Labute approximate surface area is 159 Å². The Morgan fingerprint density at radius 3 is 2.52 bits per heavy atom. The summed E-state index contributed by atoms with van der Waals surface area (Å²) in [5.74, 6) is 0.381. The number of morpholine rings is 1. The molecule has 1 aliphatic heterocycles. The van der Waals surface area contributed by atoms with Gasteiger partial charge in [0, 0.05) is 32.3 Å². The number of carbonyl (C=O) groups is 1. The number of anilines is 1. The molecule has 27 heavy (non-hydrogen) atoms. The smallest absolute Gasteiger partial charge is 0.221 e. The van der Waals surface area contributed by atoms with Gasteiger partial charge >= 0.3 is 0 Å². The standard InChI is InChI=1S/C19H23N3O4S/c23-19(8-13-27(24,25)17-4-2-1-3-5-17)21-15-16-6-7-18(20-14-16)22-9-11-26-12-10-22/h1-7,14H,8-13,15H2,(H,21,23). The molecule has 0 saturated carbocycles. The molecule has 0 aliphatic carbocycles. The lowest BCUT2D eigenvalue weighted by Crippen LogP contribution is -2.36. The van der Waals surface area contributed by atoms with Crippen LogP contribution in [-0.4, -0.2) is 51.4 Å². The van der Waals surface area contributed by atoms with Crippen molar-refractivity contribution in [3.8, 4) is 0 Å². The zero-order valence-corrected chi connectivity index (χ0v) is 15.8. The molecule has 1 aromatic carbocycles. The zero-order valence-electron chi connectivity index (χ0n) is 15.0. The number of aromatic nitrogens is 1. The average Bonchev–Trinajstić information content (AvgIpc) is 2.72. The number of nitrogens with one attached hydrogen (secondary N) is 1. The number of pyridine rings is 1. The van der Waals surface area contributed by atoms with Crippen molar-refractivity contribution in [2.24, 2.45) is 0 Å². The van der Waals surface area contributed by atoms with Crippen molar-refractivity contribution in [2.75, 3.05) is 37.0 Å². The van der Waals surface area contributed by atoms with Gasteiger partial charge in [0.1, 0.15) is 5.82 Å². The van der Waals surface area contributed by atoms with Crippen LogP contribution in [0.3, 0.4) is 0 Å². The number of rotatable bonds is 7. The molecule has 0 radical (unpaired) electrons. The third kappa shape index (κ3) is 5.51. The topological polar surface area (TPSA) is 88.6 Å². The normalized spacial score (nSPS) is 14.7. The largest absolute Gasteiger partial charge is 0.378 e. The number of hydrogen-bond acceptors (Lipinski definition) is 6. The Balaban J connectivity index is 1.46. The lowest BCUT2D eigenvalue weighted by molar-refractivity contribution is -0.120. The van der Waals surface area contributed by atoms with Gasteiger partial charge in [-0.25, -0.2) is 13.4 Å². The number of carbonyl (C=O) groups excluding carboxylic acids is 1. The van der Waals surface area contributed by atoms with Crippen LogP contribution in [0.2, 0.25) is 0 Å². The highest BCUT2D eigenvalue weighted by Crippen LogP contribution is 2.13. The molecule has 0 spiro atoms. The van der Waals surface area contributed by atoms with Gasteiger partial charge in [0.25, 0.3) is 0 Å². The van der Waals surface area contributed by atoms with Gasteiger partial charge < -0.3 is 15.0 Å². The van der Waals surface area contributed by atoms with Crippen molar-refractivity contribution in [1.29, 1.82) is 0 Å². The number of ether oxygens (including phenoxy) is 1. The summed E-state index contributed by atoms with van der Waals surface area (Å²) in [6.45, 7) is 3.36. The van der Waals surface area contributed by atoms with E-state index in [1.807, 2.05) is 12.1 Å². The van der Waals surface area contributed by atoms with Gasteiger partial charge in [-0.3, -0.25) is 4.79 Å². The monoisotopic (exact) mass is 389 g/mol. The highest BCUT2D eigenvalue weighted by Gasteiger charge is 2.16. The first-order chi connectivity index (χ1) is 13.0. The summed E-state index contributed by atoms with van der Waals surface area (Å²) in [5, 5.41) is 2.75. The predicted octanol–water partition coefficient (Wildman–Crippen LogP) is 1.40. The Kier molecular flexibility index (Phi) is 6.41. The van der Waals surface area contributed by atoms with E-state index in [1.165, 1.54) is 12.1 Å². The number of hydrogen-bond donors (Lipinski definition) is 1. The molecule has 1 fully saturated rings. The molecule has 7 nitrogen and oxygen atoms in total. The molecule has 3 rings (SSSR count). The van der Waals surface area contributed by atoms with E-state index in [-0.39, 0.29) is 23.0 Å². The fraction of sp³-hybridized carbons (Fsp3) is 0.368. The van der Waals surface area contributed by atoms with Crippen molar-refractivity contribution in [2.45, 2.75) is 17.9 Å². The zero-order chi connectivity index (χ0) is 19.1. The van der Waals surface area contributed by atoms with E-state index in [0.717, 1.165) is 24.5 Å². The van der Waals surface area contributed by atoms with Crippen LogP contribution in [0.4, 0.5) is 5.82 Å². The molecule has 2 aromatic rings. The molecule has 0 bridgehead atoms. The summed E-state index contributed by atoms with van der Waals surface area (Å²) >= 11 is 0. The van der Waals surface area contributed by atoms with Gasteiger partial charge in [-0.15, -0.1) is 0 Å². The minimum Gasteiger partial charge on any atom is -0.378 e. The quantitative estimate of drug-likeness (QED) is 0.770. The van der Waals surface area contributed by atoms with Gasteiger partial charge in [0.15, 0.2) is 9.84 Å². The number of nitrogens with zero attached hydrogens (tertiary/aromatic N) is 2. The van der Waals surface area contributed by atoms with Gasteiger partial charge in [0.2, 0.25) is 5.91 Å². The number of sulfone groups is 1. The molecule has 1 aromatic heterocycles. The van der Waals surface area contributed by atoms with Crippen LogP contribution in [-0.2, 0) is 25.9 Å². The SMILES string of the molecule is O=C(CCS(=O)(=O)c1ccccc1)NCc1ccc(N2CCOCC2)nc1. The van der Waals surface area contributed by atoms with E-state index < -0.39 is 9.84 Å². The van der Waals surface area contributed by atoms with Crippen LogP contribution in [0, 0.1) is 0 Å². The Bertz CT molecular complexity index is 848. The highest BCUT2D eigenvalue weighted by molar-refractivity contribution is 7.91. The minimum absolute atomic E-state index is 0.0729. The first-order valence-corrected chi connectivity index (χ1v) is 10.5. The summed E-state index contributed by atoms with van der Waals surface area (Å²) in [5.41, 5.74) is 0.867. The molecular formula is C19H23N3O4S. The lowest BCUT2D eigenvalue weighted by atomic mass is 10.2. The molecule has 144 valence electrons. The summed E-state index contributed by atoms with van der Waals surface area (Å²) in [7, 11) is -3.45. The van der Waals surface area contributed by atoms with Crippen LogP contribution in [0.5, 0.6) is 0 Å². The van der Waals surface area contributed by atoms with Gasteiger partial charge in [-0.1, -0.05) is 24.3 Å². The summed E-state index contributed by atoms with van der Waals surface area (Å²) in [6, 6.07) is 12.0. The molecule has 1 amide bonds.